The first-order valence-electron chi connectivity index (χ1n) is 7.25. The van der Waals surface area contributed by atoms with Gasteiger partial charge in [-0.05, 0) is 31.5 Å². The van der Waals surface area contributed by atoms with E-state index in [2.05, 4.69) is 5.32 Å². The van der Waals surface area contributed by atoms with Gasteiger partial charge in [0.15, 0.2) is 11.6 Å². The highest BCUT2D eigenvalue weighted by Crippen LogP contribution is 2.18. The normalized spacial score (nSPS) is 12.3. The summed E-state index contributed by atoms with van der Waals surface area (Å²) in [6.07, 6.45) is 0.421. The summed E-state index contributed by atoms with van der Waals surface area (Å²) in [4.78, 5) is 11.8. The zero-order chi connectivity index (χ0) is 15.8. The average molecular weight is 297 g/mol. The number of hydrogen-bond donors (Lipinski definition) is 1. The van der Waals surface area contributed by atoms with Crippen molar-refractivity contribution < 1.29 is 18.7 Å². The van der Waals surface area contributed by atoms with Crippen LogP contribution < -0.4 is 10.1 Å². The van der Waals surface area contributed by atoms with Crippen molar-refractivity contribution in [2.24, 2.45) is 0 Å². The fraction of sp³-hybridized carbons (Fsp3) is 0.562. The molecule has 0 heterocycles. The number of carbonyl (C=O) groups is 1. The second-order valence-electron chi connectivity index (χ2n) is 5.20. The minimum absolute atomic E-state index is 0.148. The minimum Gasteiger partial charge on any atom is -0.490 e. The van der Waals surface area contributed by atoms with Crippen LogP contribution in [0, 0.1) is 12.7 Å². The third-order valence-electron chi connectivity index (χ3n) is 2.86. The van der Waals surface area contributed by atoms with Gasteiger partial charge in [0.1, 0.15) is 6.04 Å². The second-order valence-corrected chi connectivity index (χ2v) is 5.20. The molecular weight excluding hydrogens is 273 g/mol. The Hall–Kier alpha value is -1.62. The van der Waals surface area contributed by atoms with Gasteiger partial charge < -0.3 is 14.8 Å². The van der Waals surface area contributed by atoms with E-state index >= 15 is 0 Å². The van der Waals surface area contributed by atoms with Crippen LogP contribution in [0.25, 0.3) is 0 Å². The summed E-state index contributed by atoms with van der Waals surface area (Å²) in [7, 11) is 0. The van der Waals surface area contributed by atoms with Gasteiger partial charge >= 0.3 is 5.97 Å². The van der Waals surface area contributed by atoms with Crippen molar-refractivity contribution in [1.82, 2.24) is 5.32 Å². The predicted octanol–water partition coefficient (Wildman–Crippen LogP) is 2.83. The van der Waals surface area contributed by atoms with E-state index in [9.17, 15) is 9.18 Å². The van der Waals surface area contributed by atoms with E-state index in [1.165, 1.54) is 6.07 Å². The lowest BCUT2D eigenvalue weighted by molar-refractivity contribution is -0.146. The van der Waals surface area contributed by atoms with Crippen molar-refractivity contribution in [1.29, 1.82) is 0 Å². The largest absolute Gasteiger partial charge is 0.490 e. The standard InChI is InChI=1S/C16H24FNO3/c1-5-20-16(19)14(18-11(2)3)8-9-21-15-10-12(4)6-7-13(15)17/h6-7,10-11,14,18H,5,8-9H2,1-4H3. The Labute approximate surface area is 125 Å². The van der Waals surface area contributed by atoms with Crippen LogP contribution in [0.4, 0.5) is 4.39 Å². The molecule has 0 fully saturated rings. The second kappa shape index (κ2) is 8.62. The summed E-state index contributed by atoms with van der Waals surface area (Å²) in [5.74, 6) is -0.494. The summed E-state index contributed by atoms with van der Waals surface area (Å²) < 4.78 is 24.0. The number of carbonyl (C=O) groups excluding carboxylic acids is 1. The van der Waals surface area contributed by atoms with Crippen LogP contribution in [0.5, 0.6) is 5.75 Å². The predicted molar refractivity (Wildman–Crippen MR) is 79.9 cm³/mol. The number of ether oxygens (including phenoxy) is 2. The lowest BCUT2D eigenvalue weighted by Crippen LogP contribution is -2.42. The first-order valence-corrected chi connectivity index (χ1v) is 7.25. The molecule has 1 atom stereocenters. The Morgan fingerprint density at radius 1 is 1.38 bits per heavy atom. The van der Waals surface area contributed by atoms with Crippen molar-refractivity contribution in [2.45, 2.75) is 46.2 Å². The Balaban J connectivity index is 2.56. The summed E-state index contributed by atoms with van der Waals surface area (Å²) in [6, 6.07) is 4.40. The minimum atomic E-state index is -0.446. The molecule has 0 aliphatic carbocycles. The average Bonchev–Trinajstić information content (AvgIpc) is 2.41. The van der Waals surface area contributed by atoms with Crippen molar-refractivity contribution in [3.05, 3.63) is 29.6 Å². The van der Waals surface area contributed by atoms with Gasteiger partial charge in [0.2, 0.25) is 0 Å². The Bertz CT molecular complexity index is 463. The van der Waals surface area contributed by atoms with Gasteiger partial charge in [-0.3, -0.25) is 4.79 Å². The molecule has 1 rings (SSSR count). The zero-order valence-corrected chi connectivity index (χ0v) is 13.1. The number of nitrogens with one attached hydrogen (secondary N) is 1. The van der Waals surface area contributed by atoms with E-state index in [0.29, 0.717) is 13.0 Å². The Morgan fingerprint density at radius 2 is 2.10 bits per heavy atom. The maximum atomic E-state index is 13.6. The van der Waals surface area contributed by atoms with E-state index in [-0.39, 0.29) is 24.4 Å². The molecule has 0 aromatic heterocycles. The van der Waals surface area contributed by atoms with Gasteiger partial charge in [-0.1, -0.05) is 19.9 Å². The van der Waals surface area contributed by atoms with Crippen LogP contribution in [0.15, 0.2) is 18.2 Å². The van der Waals surface area contributed by atoms with E-state index in [1.54, 1.807) is 19.1 Å². The first kappa shape index (κ1) is 17.4. The smallest absolute Gasteiger partial charge is 0.323 e. The number of rotatable bonds is 8. The first-order chi connectivity index (χ1) is 9.93. The summed E-state index contributed by atoms with van der Waals surface area (Å²) >= 11 is 0. The van der Waals surface area contributed by atoms with Crippen LogP contribution in [0.1, 0.15) is 32.8 Å². The molecule has 1 aromatic rings. The topological polar surface area (TPSA) is 47.6 Å². The number of halogens is 1. The molecule has 0 aliphatic heterocycles. The number of esters is 1. The number of aryl methyl sites for hydroxylation is 1. The Kier molecular flexibility index (Phi) is 7.15. The molecule has 118 valence electrons. The summed E-state index contributed by atoms with van der Waals surface area (Å²) in [6.45, 7) is 8.11. The molecule has 0 amide bonds. The maximum absolute atomic E-state index is 13.6. The molecule has 1 aromatic carbocycles. The molecule has 0 saturated carbocycles. The van der Waals surface area contributed by atoms with E-state index < -0.39 is 11.9 Å². The van der Waals surface area contributed by atoms with Crippen LogP contribution in [-0.2, 0) is 9.53 Å². The fourth-order valence-electron chi connectivity index (χ4n) is 1.92. The quantitative estimate of drug-likeness (QED) is 0.750. The van der Waals surface area contributed by atoms with Crippen molar-refractivity contribution in [3.63, 3.8) is 0 Å². The van der Waals surface area contributed by atoms with Gasteiger partial charge in [-0.25, -0.2) is 4.39 Å². The van der Waals surface area contributed by atoms with Crippen LogP contribution >= 0.6 is 0 Å². The maximum Gasteiger partial charge on any atom is 0.323 e. The summed E-state index contributed by atoms with van der Waals surface area (Å²) in [5, 5.41) is 3.13. The highest BCUT2D eigenvalue weighted by Gasteiger charge is 2.20. The molecule has 0 spiro atoms. The molecular formula is C16H24FNO3. The van der Waals surface area contributed by atoms with E-state index in [0.717, 1.165) is 5.56 Å². The van der Waals surface area contributed by atoms with E-state index in [1.807, 2.05) is 20.8 Å². The van der Waals surface area contributed by atoms with E-state index in [4.69, 9.17) is 9.47 Å². The van der Waals surface area contributed by atoms with Gasteiger partial charge in [-0.15, -0.1) is 0 Å². The highest BCUT2D eigenvalue weighted by atomic mass is 19.1. The molecule has 0 bridgehead atoms. The van der Waals surface area contributed by atoms with Gasteiger partial charge in [-0.2, -0.15) is 0 Å². The van der Waals surface area contributed by atoms with Gasteiger partial charge in [0.25, 0.3) is 0 Å². The lowest BCUT2D eigenvalue weighted by Gasteiger charge is -2.20. The highest BCUT2D eigenvalue weighted by molar-refractivity contribution is 5.75. The van der Waals surface area contributed by atoms with Crippen molar-refractivity contribution in [3.8, 4) is 5.75 Å². The monoisotopic (exact) mass is 297 g/mol. The zero-order valence-electron chi connectivity index (χ0n) is 13.1. The molecule has 1 unspecified atom stereocenters. The summed E-state index contributed by atoms with van der Waals surface area (Å²) in [5.41, 5.74) is 0.925. The third kappa shape index (κ3) is 6.12. The number of hydrogen-bond acceptors (Lipinski definition) is 4. The van der Waals surface area contributed by atoms with Crippen molar-refractivity contribution >= 4 is 5.97 Å². The third-order valence-corrected chi connectivity index (χ3v) is 2.86. The fourth-order valence-corrected chi connectivity index (χ4v) is 1.92. The molecule has 0 saturated heterocycles. The molecule has 1 N–H and O–H groups in total. The molecule has 4 nitrogen and oxygen atoms in total. The molecule has 21 heavy (non-hydrogen) atoms. The lowest BCUT2D eigenvalue weighted by atomic mass is 10.2. The molecule has 5 heteroatoms. The van der Waals surface area contributed by atoms with Gasteiger partial charge in [0.05, 0.1) is 13.2 Å². The Morgan fingerprint density at radius 3 is 2.71 bits per heavy atom. The van der Waals surface area contributed by atoms with Crippen LogP contribution in [0.2, 0.25) is 0 Å². The van der Waals surface area contributed by atoms with Gasteiger partial charge in [0, 0.05) is 12.5 Å². The van der Waals surface area contributed by atoms with Crippen molar-refractivity contribution in [2.75, 3.05) is 13.2 Å². The van der Waals surface area contributed by atoms with Crippen LogP contribution in [-0.4, -0.2) is 31.3 Å². The van der Waals surface area contributed by atoms with Crippen LogP contribution in [0.3, 0.4) is 0 Å². The molecule has 0 radical (unpaired) electrons. The number of benzene rings is 1. The molecule has 0 aliphatic rings. The SMILES string of the molecule is CCOC(=O)C(CCOc1cc(C)ccc1F)NC(C)C.